The van der Waals surface area contributed by atoms with Gasteiger partial charge in [0.25, 0.3) is 0 Å². The van der Waals surface area contributed by atoms with Crippen LogP contribution in [0.25, 0.3) is 0 Å². The van der Waals surface area contributed by atoms with Crippen molar-refractivity contribution in [2.45, 2.75) is 77.1 Å². The highest BCUT2D eigenvalue weighted by Crippen LogP contribution is 2.67. The molecule has 0 aromatic rings. The van der Waals surface area contributed by atoms with E-state index in [-0.39, 0.29) is 40.7 Å². The minimum atomic E-state index is -1.52. The second kappa shape index (κ2) is 4.37. The van der Waals surface area contributed by atoms with E-state index in [1.165, 1.54) is 0 Å². The van der Waals surface area contributed by atoms with Crippen molar-refractivity contribution < 1.29 is 24.5 Å². The predicted octanol–water partition coefficient (Wildman–Crippen LogP) is 2.45. The van der Waals surface area contributed by atoms with Crippen LogP contribution in [0.4, 0.5) is 0 Å². The van der Waals surface area contributed by atoms with Crippen LogP contribution >= 0.6 is 0 Å². The maximum absolute atomic E-state index is 13.3. The van der Waals surface area contributed by atoms with Crippen LogP contribution in [0, 0.1) is 34.5 Å². The van der Waals surface area contributed by atoms with Crippen molar-refractivity contribution in [1.29, 1.82) is 0 Å². The SMILES string of the molecule is CC1(C)[C@@H]2C[C@H]1[C@]1(O)C(=O)C[C@@]3(OO[C@@H]1C2)C(=O)C[C@@H]1C[C@H]3C1(C)C. The number of Topliss-reactive ketones (excluding diaryl/α,β-unsaturated/α-hetero) is 2. The molecule has 1 N–H and O–H groups in total. The Hall–Kier alpha value is -0.780. The van der Waals surface area contributed by atoms with E-state index < -0.39 is 17.3 Å². The minimum absolute atomic E-state index is 0.0121. The van der Waals surface area contributed by atoms with Crippen LogP contribution in [-0.4, -0.2) is 34.0 Å². The normalized spacial score (nSPS) is 55.0. The lowest BCUT2D eigenvalue weighted by molar-refractivity contribution is -0.423. The third kappa shape index (κ3) is 1.62. The quantitative estimate of drug-likeness (QED) is 0.681. The van der Waals surface area contributed by atoms with E-state index in [1.54, 1.807) is 0 Å². The summed E-state index contributed by atoms with van der Waals surface area (Å²) < 4.78 is 0. The molecule has 138 valence electrons. The van der Waals surface area contributed by atoms with Crippen LogP contribution in [0.15, 0.2) is 0 Å². The van der Waals surface area contributed by atoms with Crippen LogP contribution in [0.5, 0.6) is 0 Å². The summed E-state index contributed by atoms with van der Waals surface area (Å²) >= 11 is 0. The van der Waals surface area contributed by atoms with E-state index >= 15 is 0 Å². The van der Waals surface area contributed by atoms with E-state index in [0.29, 0.717) is 24.7 Å². The summed E-state index contributed by atoms with van der Waals surface area (Å²) in [5.41, 5.74) is -2.82. The zero-order chi connectivity index (χ0) is 18.0. The largest absolute Gasteiger partial charge is 0.379 e. The molecule has 6 aliphatic carbocycles. The number of hydrogen-bond donors (Lipinski definition) is 1. The van der Waals surface area contributed by atoms with Crippen molar-refractivity contribution in [2.24, 2.45) is 34.5 Å². The fraction of sp³-hybridized carbons (Fsp3) is 0.900. The van der Waals surface area contributed by atoms with Crippen LogP contribution in [-0.2, 0) is 19.4 Å². The lowest BCUT2D eigenvalue weighted by Gasteiger charge is -2.64. The van der Waals surface area contributed by atoms with Crippen LogP contribution < -0.4 is 0 Å². The van der Waals surface area contributed by atoms with Gasteiger partial charge in [0.1, 0.15) is 6.10 Å². The maximum atomic E-state index is 13.3. The molecule has 25 heavy (non-hydrogen) atoms. The van der Waals surface area contributed by atoms with Crippen molar-refractivity contribution in [3.63, 3.8) is 0 Å². The molecular formula is C20H28O5. The fourth-order valence-corrected chi connectivity index (χ4v) is 6.94. The molecule has 4 bridgehead atoms. The molecule has 0 radical (unpaired) electrons. The number of carbonyl (C=O) groups is 2. The molecule has 7 aliphatic rings. The van der Waals surface area contributed by atoms with Gasteiger partial charge in [0.05, 0.1) is 0 Å². The number of ketones is 2. The number of hydrogen-bond acceptors (Lipinski definition) is 5. The van der Waals surface area contributed by atoms with Crippen LogP contribution in [0.2, 0.25) is 0 Å². The Labute approximate surface area is 148 Å². The Morgan fingerprint density at radius 2 is 1.56 bits per heavy atom. The van der Waals surface area contributed by atoms with Gasteiger partial charge in [0.15, 0.2) is 22.8 Å². The molecule has 7 atom stereocenters. The van der Waals surface area contributed by atoms with Gasteiger partial charge in [0.2, 0.25) is 0 Å². The summed E-state index contributed by atoms with van der Waals surface area (Å²) in [6.07, 6.45) is 2.12. The Bertz CT molecular complexity index is 682. The lowest BCUT2D eigenvalue weighted by atomic mass is 9.41. The lowest BCUT2D eigenvalue weighted by Crippen LogP contribution is -2.71. The molecule has 0 amide bonds. The molecular weight excluding hydrogens is 320 g/mol. The summed E-state index contributed by atoms with van der Waals surface area (Å²) in [5.74, 6) is 0.406. The van der Waals surface area contributed by atoms with E-state index in [1.807, 2.05) is 0 Å². The predicted molar refractivity (Wildman–Crippen MR) is 88.3 cm³/mol. The second-order valence-electron chi connectivity index (χ2n) is 10.5. The summed E-state index contributed by atoms with van der Waals surface area (Å²) in [7, 11) is 0. The highest BCUT2D eigenvalue weighted by molar-refractivity contribution is 5.98. The molecule has 1 heterocycles. The molecule has 1 spiro atoms. The first-order valence-electron chi connectivity index (χ1n) is 9.68. The minimum Gasteiger partial charge on any atom is -0.379 e. The van der Waals surface area contributed by atoms with Gasteiger partial charge >= 0.3 is 0 Å². The third-order valence-electron chi connectivity index (χ3n) is 9.11. The van der Waals surface area contributed by atoms with Gasteiger partial charge in [-0.3, -0.25) is 9.59 Å². The van der Waals surface area contributed by atoms with E-state index in [9.17, 15) is 14.7 Å². The average Bonchev–Trinajstić information content (AvgIpc) is 2.65. The van der Waals surface area contributed by atoms with Gasteiger partial charge in [-0.15, -0.1) is 0 Å². The summed E-state index contributed by atoms with van der Waals surface area (Å²) in [4.78, 5) is 37.8. The highest BCUT2D eigenvalue weighted by atomic mass is 17.2. The molecule has 7 fully saturated rings. The number of carbonyl (C=O) groups excluding carboxylic acids is 2. The first-order chi connectivity index (χ1) is 11.5. The maximum Gasteiger partial charge on any atom is 0.172 e. The Morgan fingerprint density at radius 1 is 0.920 bits per heavy atom. The molecule has 0 aromatic carbocycles. The van der Waals surface area contributed by atoms with Gasteiger partial charge < -0.3 is 5.11 Å². The molecule has 0 unspecified atom stereocenters. The zero-order valence-corrected chi connectivity index (χ0v) is 15.5. The first-order valence-corrected chi connectivity index (χ1v) is 9.68. The third-order valence-corrected chi connectivity index (χ3v) is 9.11. The average molecular weight is 348 g/mol. The van der Waals surface area contributed by atoms with Gasteiger partial charge in [-0.2, -0.15) is 0 Å². The molecule has 5 heteroatoms. The summed E-state index contributed by atoms with van der Waals surface area (Å²) in [5, 5.41) is 11.4. The van der Waals surface area contributed by atoms with Gasteiger partial charge in [-0.05, 0) is 41.9 Å². The van der Waals surface area contributed by atoms with Gasteiger partial charge in [-0.1, -0.05) is 27.7 Å². The van der Waals surface area contributed by atoms with Crippen LogP contribution in [0.1, 0.15) is 59.8 Å². The second-order valence-corrected chi connectivity index (χ2v) is 10.5. The zero-order valence-electron chi connectivity index (χ0n) is 15.5. The van der Waals surface area contributed by atoms with Crippen molar-refractivity contribution in [2.75, 3.05) is 0 Å². The fourth-order valence-electron chi connectivity index (χ4n) is 6.94. The van der Waals surface area contributed by atoms with Crippen molar-refractivity contribution in [3.05, 3.63) is 0 Å². The Morgan fingerprint density at radius 3 is 2.20 bits per heavy atom. The summed E-state index contributed by atoms with van der Waals surface area (Å²) in [6, 6.07) is 0. The standard InChI is InChI=1S/C20H28O5/c1-17(2)10-5-12(17)19(14(21)7-10)9-15(22)20(23)13-6-11(18(13,3)4)8-16(20)24-25-19/h10-13,16,23H,5-9H2,1-4H3/t10-,11+,12-,13+,16+,19-,20-/m0/s1. The van der Waals surface area contributed by atoms with E-state index in [0.717, 1.165) is 12.8 Å². The van der Waals surface area contributed by atoms with Gasteiger partial charge in [-0.25, -0.2) is 9.78 Å². The highest BCUT2D eigenvalue weighted by Gasteiger charge is 2.74. The molecule has 5 nitrogen and oxygen atoms in total. The molecule has 6 saturated carbocycles. The first kappa shape index (κ1) is 16.4. The smallest absolute Gasteiger partial charge is 0.172 e. The van der Waals surface area contributed by atoms with Crippen molar-refractivity contribution in [3.8, 4) is 0 Å². The monoisotopic (exact) mass is 348 g/mol. The van der Waals surface area contributed by atoms with E-state index in [2.05, 4.69) is 27.7 Å². The number of aliphatic hydroxyl groups is 1. The van der Waals surface area contributed by atoms with Gasteiger partial charge in [0, 0.05) is 24.7 Å². The summed E-state index contributed by atoms with van der Waals surface area (Å²) in [6.45, 7) is 8.56. The number of rotatable bonds is 0. The molecule has 0 aromatic heterocycles. The van der Waals surface area contributed by atoms with Crippen molar-refractivity contribution >= 4 is 11.6 Å². The van der Waals surface area contributed by atoms with Crippen LogP contribution in [0.3, 0.4) is 0 Å². The molecule has 1 aliphatic heterocycles. The topological polar surface area (TPSA) is 72.8 Å². The van der Waals surface area contributed by atoms with Crippen molar-refractivity contribution in [1.82, 2.24) is 0 Å². The molecule has 7 rings (SSSR count). The Balaban J connectivity index is 1.54. The number of fused-ring (bicyclic) bond motifs is 1. The molecule has 1 saturated heterocycles. The Kier molecular flexibility index (Phi) is 2.87. The van der Waals surface area contributed by atoms with E-state index in [4.69, 9.17) is 9.78 Å².